The number of thiazole rings is 1. The maximum atomic E-state index is 14.0. The second-order valence-electron chi connectivity index (χ2n) is 12.0. The molecule has 3 fully saturated rings. The van der Waals surface area contributed by atoms with E-state index in [0.29, 0.717) is 17.2 Å². The largest absolute Gasteiger partial charge is 0.489 e. The number of hydrogen-bond donors (Lipinski definition) is 1. The fourth-order valence-electron chi connectivity index (χ4n) is 8.10. The van der Waals surface area contributed by atoms with Crippen molar-refractivity contribution in [1.82, 2.24) is 4.98 Å². The maximum absolute atomic E-state index is 14.0. The Morgan fingerprint density at radius 3 is 2.47 bits per heavy atom. The average molecular weight is 669 g/mol. The number of halogens is 4. The number of H-pyrrole nitrogens is 1. The number of nitrogens with zero attached hydrogens (tertiary/aromatic N) is 1. The van der Waals surface area contributed by atoms with E-state index >= 15 is 0 Å². The van der Waals surface area contributed by atoms with E-state index in [1.54, 1.807) is 17.8 Å². The summed E-state index contributed by atoms with van der Waals surface area (Å²) in [7, 11) is 0. The molecule has 7 atom stereocenters. The van der Waals surface area contributed by atoms with Crippen LogP contribution in [0.25, 0.3) is 0 Å². The quantitative estimate of drug-likeness (QED) is 0.225. The van der Waals surface area contributed by atoms with Crippen molar-refractivity contribution in [2.75, 3.05) is 4.90 Å². The third kappa shape index (κ3) is 4.57. The molecule has 230 valence electrons. The van der Waals surface area contributed by atoms with Crippen LogP contribution in [0.2, 0.25) is 5.02 Å². The maximum Gasteiger partial charge on any atom is 0.416 e. The van der Waals surface area contributed by atoms with Crippen LogP contribution in [0.4, 0.5) is 18.9 Å². The van der Waals surface area contributed by atoms with Crippen molar-refractivity contribution in [3.05, 3.63) is 109 Å². The Labute approximate surface area is 268 Å². The third-order valence-electron chi connectivity index (χ3n) is 9.69. The van der Waals surface area contributed by atoms with Gasteiger partial charge in [-0.1, -0.05) is 59.3 Å². The molecule has 4 aromatic rings. The van der Waals surface area contributed by atoms with Crippen molar-refractivity contribution in [2.45, 2.75) is 35.4 Å². The number of aromatic nitrogens is 1. The first kappa shape index (κ1) is 28.9. The molecule has 2 amide bonds. The van der Waals surface area contributed by atoms with Crippen molar-refractivity contribution in [3.63, 3.8) is 0 Å². The van der Waals surface area contributed by atoms with E-state index < -0.39 is 35.4 Å². The minimum atomic E-state index is -4.61. The lowest BCUT2D eigenvalue weighted by molar-refractivity contribution is -0.137. The summed E-state index contributed by atoms with van der Waals surface area (Å²) >= 11 is 8.88. The van der Waals surface area contributed by atoms with E-state index in [1.807, 2.05) is 42.5 Å². The van der Waals surface area contributed by atoms with E-state index in [-0.39, 0.29) is 46.1 Å². The standard InChI is InChI=1S/C33H24ClF3N2O4S2/c34-17-7-3-5-15(11-17)14-43-22-10-2-1-9-19(22)23-24-20-13-21(27(24)44-29-28(23)45-32(42)38-29)26-25(20)30(40)39(31(26)41)18-8-4-6-16(12-18)33(35,36)37/h1-12,20-21,23-27H,13-14H2,(H,38,42)/t20-,21-,23+,24+,25+,26+,27-/m1/s1. The summed E-state index contributed by atoms with van der Waals surface area (Å²) in [5, 5.41) is 1.29. The van der Waals surface area contributed by atoms with Gasteiger partial charge < -0.3 is 9.72 Å². The van der Waals surface area contributed by atoms with Crippen molar-refractivity contribution < 1.29 is 27.5 Å². The number of imide groups is 1. The molecule has 3 aromatic carbocycles. The zero-order valence-corrected chi connectivity index (χ0v) is 25.7. The number of ether oxygens (including phenoxy) is 1. The van der Waals surface area contributed by atoms with Gasteiger partial charge in [0.1, 0.15) is 12.4 Å². The molecule has 2 bridgehead atoms. The van der Waals surface area contributed by atoms with Crippen LogP contribution in [-0.2, 0) is 22.4 Å². The zero-order chi connectivity index (χ0) is 31.2. The normalized spacial score (nSPS) is 28.3. The molecule has 3 heterocycles. The zero-order valence-electron chi connectivity index (χ0n) is 23.3. The van der Waals surface area contributed by atoms with Crippen LogP contribution >= 0.6 is 34.7 Å². The fraction of sp³-hybridized carbons (Fsp3) is 0.303. The van der Waals surface area contributed by atoms with Crippen LogP contribution < -0.4 is 14.5 Å². The number of aromatic amines is 1. The van der Waals surface area contributed by atoms with Crippen LogP contribution in [0.5, 0.6) is 5.75 Å². The molecule has 8 rings (SSSR count). The number of nitrogens with one attached hydrogen (secondary N) is 1. The highest BCUT2D eigenvalue weighted by molar-refractivity contribution is 8.00. The highest BCUT2D eigenvalue weighted by Gasteiger charge is 2.70. The molecule has 2 saturated carbocycles. The molecule has 1 aromatic heterocycles. The first-order valence-electron chi connectivity index (χ1n) is 14.5. The number of hydrogen-bond acceptors (Lipinski definition) is 6. The van der Waals surface area contributed by atoms with Crippen LogP contribution in [-0.4, -0.2) is 22.0 Å². The first-order valence-corrected chi connectivity index (χ1v) is 16.6. The van der Waals surface area contributed by atoms with Gasteiger partial charge in [-0.2, -0.15) is 13.2 Å². The highest BCUT2D eigenvalue weighted by atomic mass is 35.5. The summed E-state index contributed by atoms with van der Waals surface area (Å²) in [5.41, 5.74) is 0.826. The van der Waals surface area contributed by atoms with Gasteiger partial charge in [0.05, 0.1) is 28.1 Å². The van der Waals surface area contributed by atoms with Crippen LogP contribution in [0.1, 0.15) is 33.9 Å². The van der Waals surface area contributed by atoms with Crippen LogP contribution in [0.15, 0.2) is 82.6 Å². The number of alkyl halides is 3. The molecule has 12 heteroatoms. The minimum absolute atomic E-state index is 0.0519. The van der Waals surface area contributed by atoms with Gasteiger partial charge in [0.2, 0.25) is 11.8 Å². The van der Waals surface area contributed by atoms with Gasteiger partial charge in [-0.25, -0.2) is 0 Å². The third-order valence-corrected chi connectivity index (χ3v) is 12.5. The first-order chi connectivity index (χ1) is 21.6. The second-order valence-corrected chi connectivity index (χ2v) is 14.6. The van der Waals surface area contributed by atoms with Gasteiger partial charge in [-0.05, 0) is 66.1 Å². The van der Waals surface area contributed by atoms with Gasteiger partial charge >= 0.3 is 11.0 Å². The second kappa shape index (κ2) is 10.5. The Bertz CT molecular complexity index is 1930. The molecular weight excluding hydrogens is 645 g/mol. The molecule has 0 radical (unpaired) electrons. The highest BCUT2D eigenvalue weighted by Crippen LogP contribution is 2.69. The number of benzene rings is 3. The van der Waals surface area contributed by atoms with Crippen molar-refractivity contribution >= 4 is 52.2 Å². The molecule has 1 N–H and O–H groups in total. The predicted molar refractivity (Wildman–Crippen MR) is 165 cm³/mol. The summed E-state index contributed by atoms with van der Waals surface area (Å²) in [6.07, 6.45) is -3.95. The number of fused-ring (bicyclic) bond motifs is 9. The number of para-hydroxylation sites is 1. The molecular formula is C33H24ClF3N2O4S2. The Morgan fingerprint density at radius 1 is 0.933 bits per heavy atom. The van der Waals surface area contributed by atoms with E-state index in [0.717, 1.165) is 49.4 Å². The van der Waals surface area contributed by atoms with Gasteiger partial charge in [0.25, 0.3) is 0 Å². The number of amides is 2. The Hall–Kier alpha value is -3.54. The average Bonchev–Trinajstić information content (AvgIpc) is 3.74. The SMILES string of the molecule is O=C1[C@H]2[C@H]3C[C@@H]([C@@H]2C(=O)N1c1cccc(C(F)(F)F)c1)[C@H]1[C@H](c2ccccc2OCc2cccc(Cl)c2)c2sc(=O)[nH]c2S[C@H]31. The van der Waals surface area contributed by atoms with E-state index in [4.69, 9.17) is 16.3 Å². The van der Waals surface area contributed by atoms with E-state index in [9.17, 15) is 27.6 Å². The number of carbonyl (C=O) groups excluding carboxylic acids is 2. The minimum Gasteiger partial charge on any atom is -0.489 e. The summed E-state index contributed by atoms with van der Waals surface area (Å²) in [4.78, 5) is 45.2. The molecule has 2 aliphatic heterocycles. The Kier molecular flexibility index (Phi) is 6.74. The number of carbonyl (C=O) groups is 2. The van der Waals surface area contributed by atoms with Crippen molar-refractivity contribution in [1.29, 1.82) is 0 Å². The topological polar surface area (TPSA) is 79.5 Å². The summed E-state index contributed by atoms with van der Waals surface area (Å²) < 4.78 is 46.9. The summed E-state index contributed by atoms with van der Waals surface area (Å²) in [6, 6.07) is 19.5. The number of anilines is 1. The predicted octanol–water partition coefficient (Wildman–Crippen LogP) is 7.37. The molecule has 6 nitrogen and oxygen atoms in total. The van der Waals surface area contributed by atoms with Crippen molar-refractivity contribution in [3.8, 4) is 5.75 Å². The Balaban J connectivity index is 1.17. The van der Waals surface area contributed by atoms with Crippen LogP contribution in [0.3, 0.4) is 0 Å². The monoisotopic (exact) mass is 668 g/mol. The van der Waals surface area contributed by atoms with Gasteiger partial charge in [-0.3, -0.25) is 19.3 Å². The lowest BCUT2D eigenvalue weighted by Crippen LogP contribution is -2.42. The van der Waals surface area contributed by atoms with E-state index in [1.165, 1.54) is 12.1 Å². The van der Waals surface area contributed by atoms with Gasteiger partial charge in [0, 0.05) is 26.6 Å². The summed E-state index contributed by atoms with van der Waals surface area (Å²) in [5.74, 6) is -2.21. The number of thioether (sulfide) groups is 1. The van der Waals surface area contributed by atoms with Gasteiger partial charge in [-0.15, -0.1) is 11.8 Å². The lowest BCUT2D eigenvalue weighted by Gasteiger charge is -2.43. The molecule has 2 aliphatic carbocycles. The smallest absolute Gasteiger partial charge is 0.416 e. The molecule has 45 heavy (non-hydrogen) atoms. The van der Waals surface area contributed by atoms with Crippen LogP contribution in [0, 0.1) is 29.6 Å². The molecule has 0 spiro atoms. The number of rotatable bonds is 5. The van der Waals surface area contributed by atoms with Gasteiger partial charge in [0.15, 0.2) is 0 Å². The fourth-order valence-corrected chi connectivity index (χ4v) is 11.2. The summed E-state index contributed by atoms with van der Waals surface area (Å²) in [6.45, 7) is 0.277. The molecule has 4 aliphatic rings. The van der Waals surface area contributed by atoms with E-state index in [2.05, 4.69) is 4.98 Å². The molecule has 1 saturated heterocycles. The lowest BCUT2D eigenvalue weighted by atomic mass is 9.68. The van der Waals surface area contributed by atoms with Crippen molar-refractivity contribution in [2.24, 2.45) is 29.6 Å². The Morgan fingerprint density at radius 2 is 1.69 bits per heavy atom. The molecule has 0 unspecified atom stereocenters.